The number of unbranched alkanes of at least 4 members (excludes halogenated alkanes) is 32. The van der Waals surface area contributed by atoms with Crippen LogP contribution in [-0.2, 0) is 28.6 Å². The highest BCUT2D eigenvalue weighted by Gasteiger charge is 2.19. The molecule has 0 spiro atoms. The number of ether oxygens (including phenoxy) is 3. The van der Waals surface area contributed by atoms with Crippen molar-refractivity contribution in [2.75, 3.05) is 13.2 Å². The molecule has 0 radical (unpaired) electrons. The minimum atomic E-state index is -0.759. The van der Waals surface area contributed by atoms with Crippen LogP contribution in [0.25, 0.3) is 0 Å². The van der Waals surface area contributed by atoms with E-state index in [2.05, 4.69) is 27.7 Å². The van der Waals surface area contributed by atoms with Crippen molar-refractivity contribution in [1.29, 1.82) is 0 Å². The van der Waals surface area contributed by atoms with Gasteiger partial charge < -0.3 is 14.2 Å². The summed E-state index contributed by atoms with van der Waals surface area (Å²) in [7, 11) is 0. The van der Waals surface area contributed by atoms with Crippen LogP contribution in [0.3, 0.4) is 0 Å². The molecule has 0 aliphatic rings. The van der Waals surface area contributed by atoms with Gasteiger partial charge in [-0.1, -0.05) is 246 Å². The van der Waals surface area contributed by atoms with Crippen LogP contribution in [0.1, 0.15) is 285 Å². The lowest BCUT2D eigenvalue weighted by Crippen LogP contribution is -2.30. The number of hydrogen-bond acceptors (Lipinski definition) is 6. The number of hydrogen-bond donors (Lipinski definition) is 0. The molecule has 57 heavy (non-hydrogen) atoms. The smallest absolute Gasteiger partial charge is 0.306 e. The molecule has 0 fully saturated rings. The van der Waals surface area contributed by atoms with Gasteiger partial charge in [0, 0.05) is 19.3 Å². The van der Waals surface area contributed by atoms with Crippen molar-refractivity contribution < 1.29 is 28.6 Å². The molecule has 0 aliphatic carbocycles. The Kier molecular flexibility index (Phi) is 44.2. The SMILES string of the molecule is CCCCCCCCCCCCCCCCC(=O)OC[C@@H](COC(=O)CCCCCCCCC)OC(=O)CCCCCCCCCCCCCCCCC(C)CC. The minimum Gasteiger partial charge on any atom is -0.462 e. The number of carbonyl (C=O) groups is 3. The van der Waals surface area contributed by atoms with Crippen molar-refractivity contribution in [3.05, 3.63) is 0 Å². The third-order valence-electron chi connectivity index (χ3n) is 11.9. The second kappa shape index (κ2) is 45.5. The number of rotatable bonds is 46. The van der Waals surface area contributed by atoms with Crippen LogP contribution >= 0.6 is 0 Å². The second-order valence-electron chi connectivity index (χ2n) is 17.7. The topological polar surface area (TPSA) is 78.9 Å². The summed E-state index contributed by atoms with van der Waals surface area (Å²) in [6.45, 7) is 9.03. The van der Waals surface area contributed by atoms with Crippen molar-refractivity contribution in [1.82, 2.24) is 0 Å². The van der Waals surface area contributed by atoms with Gasteiger partial charge in [-0.25, -0.2) is 0 Å². The molecule has 2 atom stereocenters. The van der Waals surface area contributed by atoms with Crippen LogP contribution in [0.2, 0.25) is 0 Å². The van der Waals surface area contributed by atoms with Crippen molar-refractivity contribution in [3.63, 3.8) is 0 Å². The van der Waals surface area contributed by atoms with E-state index in [1.807, 2.05) is 0 Å². The Bertz CT molecular complexity index is 859. The fourth-order valence-electron chi connectivity index (χ4n) is 7.66. The Morgan fingerprint density at radius 3 is 0.912 bits per heavy atom. The molecule has 0 aromatic rings. The molecule has 0 aromatic heterocycles. The third kappa shape index (κ3) is 43.8. The van der Waals surface area contributed by atoms with E-state index < -0.39 is 6.10 Å². The molecule has 6 nitrogen and oxygen atoms in total. The number of esters is 3. The highest BCUT2D eigenvalue weighted by molar-refractivity contribution is 5.71. The maximum atomic E-state index is 12.8. The first-order valence-corrected chi connectivity index (χ1v) is 25.4. The molecule has 0 saturated heterocycles. The van der Waals surface area contributed by atoms with E-state index in [9.17, 15) is 14.4 Å². The monoisotopic (exact) mass is 807 g/mol. The molecule has 0 N–H and O–H groups in total. The first-order chi connectivity index (χ1) is 27.9. The van der Waals surface area contributed by atoms with E-state index in [0.29, 0.717) is 19.3 Å². The second-order valence-corrected chi connectivity index (χ2v) is 17.7. The van der Waals surface area contributed by atoms with Crippen molar-refractivity contribution in [2.45, 2.75) is 291 Å². The Balaban J connectivity index is 4.20. The molecule has 338 valence electrons. The molecule has 0 rings (SSSR count). The molecule has 0 heterocycles. The van der Waals surface area contributed by atoms with Gasteiger partial charge in [-0.2, -0.15) is 0 Å². The van der Waals surface area contributed by atoms with Crippen LogP contribution in [0.5, 0.6) is 0 Å². The highest BCUT2D eigenvalue weighted by atomic mass is 16.6. The predicted octanol–water partition coefficient (Wildman–Crippen LogP) is 16.3. The summed E-state index contributed by atoms with van der Waals surface area (Å²) in [4.78, 5) is 37.7. The maximum Gasteiger partial charge on any atom is 0.306 e. The lowest BCUT2D eigenvalue weighted by Gasteiger charge is -2.18. The zero-order chi connectivity index (χ0) is 41.7. The molecule has 0 amide bonds. The van der Waals surface area contributed by atoms with Crippen molar-refractivity contribution >= 4 is 17.9 Å². The van der Waals surface area contributed by atoms with E-state index in [0.717, 1.165) is 63.7 Å². The molecular formula is C51H98O6. The van der Waals surface area contributed by atoms with Crippen molar-refractivity contribution in [2.24, 2.45) is 5.92 Å². The van der Waals surface area contributed by atoms with Gasteiger partial charge in [-0.05, 0) is 25.2 Å². The predicted molar refractivity (Wildman–Crippen MR) is 243 cm³/mol. The van der Waals surface area contributed by atoms with E-state index in [1.54, 1.807) is 0 Å². The summed E-state index contributed by atoms with van der Waals surface area (Å²) in [5.41, 5.74) is 0. The summed E-state index contributed by atoms with van der Waals surface area (Å²) < 4.78 is 16.7. The highest BCUT2D eigenvalue weighted by Crippen LogP contribution is 2.17. The quantitative estimate of drug-likeness (QED) is 0.0346. The fourth-order valence-corrected chi connectivity index (χ4v) is 7.66. The van der Waals surface area contributed by atoms with Gasteiger partial charge in [-0.3, -0.25) is 14.4 Å². The van der Waals surface area contributed by atoms with Gasteiger partial charge in [-0.15, -0.1) is 0 Å². The summed E-state index contributed by atoms with van der Waals surface area (Å²) in [5.74, 6) is 0.0422. The fraction of sp³-hybridized carbons (Fsp3) is 0.941. The van der Waals surface area contributed by atoms with Crippen LogP contribution in [0, 0.1) is 5.92 Å². The first kappa shape index (κ1) is 55.4. The first-order valence-electron chi connectivity index (χ1n) is 25.4. The summed E-state index contributed by atoms with van der Waals surface area (Å²) in [6.07, 6.45) is 46.6. The van der Waals surface area contributed by atoms with E-state index >= 15 is 0 Å². The summed E-state index contributed by atoms with van der Waals surface area (Å²) >= 11 is 0. The van der Waals surface area contributed by atoms with Crippen LogP contribution in [0.4, 0.5) is 0 Å². The van der Waals surface area contributed by atoms with Gasteiger partial charge >= 0.3 is 17.9 Å². The van der Waals surface area contributed by atoms with Crippen LogP contribution in [0.15, 0.2) is 0 Å². The maximum absolute atomic E-state index is 12.8. The van der Waals surface area contributed by atoms with E-state index in [1.165, 1.54) is 180 Å². The Hall–Kier alpha value is -1.59. The van der Waals surface area contributed by atoms with Gasteiger partial charge in [0.1, 0.15) is 13.2 Å². The summed E-state index contributed by atoms with van der Waals surface area (Å²) in [6, 6.07) is 0. The Labute approximate surface area is 355 Å². The Morgan fingerprint density at radius 2 is 0.614 bits per heavy atom. The normalized spacial score (nSPS) is 12.4. The number of carbonyl (C=O) groups excluding carboxylic acids is 3. The van der Waals surface area contributed by atoms with E-state index in [4.69, 9.17) is 14.2 Å². The average molecular weight is 807 g/mol. The van der Waals surface area contributed by atoms with E-state index in [-0.39, 0.29) is 31.1 Å². The lowest BCUT2D eigenvalue weighted by molar-refractivity contribution is -0.167. The van der Waals surface area contributed by atoms with Crippen molar-refractivity contribution in [3.8, 4) is 0 Å². The summed E-state index contributed by atoms with van der Waals surface area (Å²) in [5, 5.41) is 0. The molecule has 1 unspecified atom stereocenters. The molecule has 0 bridgehead atoms. The van der Waals surface area contributed by atoms with Gasteiger partial charge in [0.25, 0.3) is 0 Å². The Morgan fingerprint density at radius 1 is 0.351 bits per heavy atom. The van der Waals surface area contributed by atoms with Gasteiger partial charge in [0.15, 0.2) is 6.10 Å². The van der Waals surface area contributed by atoms with Crippen LogP contribution in [-0.4, -0.2) is 37.2 Å². The zero-order valence-electron chi connectivity index (χ0n) is 38.8. The average Bonchev–Trinajstić information content (AvgIpc) is 3.21. The zero-order valence-corrected chi connectivity index (χ0v) is 38.8. The third-order valence-corrected chi connectivity index (χ3v) is 11.9. The van der Waals surface area contributed by atoms with Crippen LogP contribution < -0.4 is 0 Å². The van der Waals surface area contributed by atoms with Gasteiger partial charge in [0.2, 0.25) is 0 Å². The molecule has 0 aliphatic heterocycles. The standard InChI is InChI=1S/C51H98O6/c1-5-8-10-12-14-15-16-17-21-24-27-31-35-39-43-50(53)56-46-48(45-55-49(52)42-38-34-29-13-11-9-6-2)57-51(54)44-40-36-32-28-25-22-19-18-20-23-26-30-33-37-41-47(4)7-3/h47-48H,5-46H2,1-4H3/t47?,48-/m1/s1. The molecule has 6 heteroatoms. The molecule has 0 aromatic carbocycles. The minimum absolute atomic E-state index is 0.0632. The van der Waals surface area contributed by atoms with Gasteiger partial charge in [0.05, 0.1) is 0 Å². The lowest BCUT2D eigenvalue weighted by atomic mass is 9.99. The molecule has 0 saturated carbocycles. The largest absolute Gasteiger partial charge is 0.462 e. The molecular weight excluding hydrogens is 709 g/mol.